The molecule has 1 N–H and O–H groups in total. The third kappa shape index (κ3) is 3.62. The number of halogens is 1. The summed E-state index contributed by atoms with van der Waals surface area (Å²) in [7, 11) is 3.36. The van der Waals surface area contributed by atoms with E-state index in [0.29, 0.717) is 6.04 Å². The van der Waals surface area contributed by atoms with Gasteiger partial charge in [0.05, 0.1) is 14.2 Å². The standard InChI is InChI=1S/C19H22ClNO2/c1-22-18-11-14-8-9-21-17(16(14)12-19(18)23-2)7-6-13-4-3-5-15(20)10-13/h3-5,10-12,17,21H,6-9H2,1-2H3. The zero-order chi connectivity index (χ0) is 16.2. The van der Waals surface area contributed by atoms with Gasteiger partial charge in [-0.25, -0.2) is 0 Å². The van der Waals surface area contributed by atoms with Crippen LogP contribution in [0.1, 0.15) is 29.2 Å². The molecule has 2 aromatic carbocycles. The molecule has 122 valence electrons. The van der Waals surface area contributed by atoms with E-state index in [9.17, 15) is 0 Å². The van der Waals surface area contributed by atoms with E-state index in [1.165, 1.54) is 16.7 Å². The number of rotatable bonds is 5. The Kier molecular flexibility index (Phi) is 5.09. The molecule has 0 aliphatic carbocycles. The number of methoxy groups -OCH3 is 2. The lowest BCUT2D eigenvalue weighted by Crippen LogP contribution is -2.30. The van der Waals surface area contributed by atoms with Gasteiger partial charge in [0.25, 0.3) is 0 Å². The summed E-state index contributed by atoms with van der Waals surface area (Å²) in [6.45, 7) is 0.989. The van der Waals surface area contributed by atoms with E-state index in [4.69, 9.17) is 21.1 Å². The van der Waals surface area contributed by atoms with Crippen molar-refractivity contribution in [3.63, 3.8) is 0 Å². The molecular weight excluding hydrogens is 310 g/mol. The molecule has 3 rings (SSSR count). The van der Waals surface area contributed by atoms with E-state index >= 15 is 0 Å². The van der Waals surface area contributed by atoms with Crippen molar-refractivity contribution in [2.75, 3.05) is 20.8 Å². The first-order valence-corrected chi connectivity index (χ1v) is 8.31. The van der Waals surface area contributed by atoms with Gasteiger partial charge < -0.3 is 14.8 Å². The van der Waals surface area contributed by atoms with Gasteiger partial charge in [-0.05, 0) is 66.8 Å². The molecule has 1 atom stereocenters. The van der Waals surface area contributed by atoms with Gasteiger partial charge in [-0.15, -0.1) is 0 Å². The Morgan fingerprint density at radius 1 is 1.13 bits per heavy atom. The summed E-state index contributed by atoms with van der Waals surface area (Å²) in [6.07, 6.45) is 3.04. The van der Waals surface area contributed by atoms with Gasteiger partial charge in [0, 0.05) is 11.1 Å². The lowest BCUT2D eigenvalue weighted by Gasteiger charge is -2.28. The zero-order valence-electron chi connectivity index (χ0n) is 13.6. The van der Waals surface area contributed by atoms with Gasteiger partial charge in [-0.3, -0.25) is 0 Å². The number of nitrogens with one attached hydrogen (secondary N) is 1. The van der Waals surface area contributed by atoms with Crippen molar-refractivity contribution in [3.8, 4) is 11.5 Å². The molecule has 0 aromatic heterocycles. The molecule has 0 fully saturated rings. The molecule has 0 bridgehead atoms. The highest BCUT2D eigenvalue weighted by Crippen LogP contribution is 2.36. The smallest absolute Gasteiger partial charge is 0.161 e. The van der Waals surface area contributed by atoms with Gasteiger partial charge >= 0.3 is 0 Å². The molecule has 0 radical (unpaired) electrons. The summed E-state index contributed by atoms with van der Waals surface area (Å²) < 4.78 is 10.9. The second-order valence-electron chi connectivity index (χ2n) is 5.83. The van der Waals surface area contributed by atoms with E-state index in [0.717, 1.165) is 42.3 Å². The van der Waals surface area contributed by atoms with Crippen LogP contribution in [-0.4, -0.2) is 20.8 Å². The van der Waals surface area contributed by atoms with Crippen LogP contribution in [-0.2, 0) is 12.8 Å². The van der Waals surface area contributed by atoms with Crippen molar-refractivity contribution < 1.29 is 9.47 Å². The predicted octanol–water partition coefficient (Wildman–Crippen LogP) is 4.18. The summed E-state index contributed by atoms with van der Waals surface area (Å²) in [5.41, 5.74) is 3.93. The van der Waals surface area contributed by atoms with E-state index < -0.39 is 0 Å². The molecule has 1 aliphatic rings. The predicted molar refractivity (Wildman–Crippen MR) is 93.8 cm³/mol. The van der Waals surface area contributed by atoms with Crippen LogP contribution in [0.15, 0.2) is 36.4 Å². The van der Waals surface area contributed by atoms with Crippen LogP contribution in [0, 0.1) is 0 Å². The fraction of sp³-hybridized carbons (Fsp3) is 0.368. The number of ether oxygens (including phenoxy) is 2. The highest BCUT2D eigenvalue weighted by Gasteiger charge is 2.22. The second-order valence-corrected chi connectivity index (χ2v) is 6.27. The summed E-state index contributed by atoms with van der Waals surface area (Å²) in [5.74, 6) is 1.60. The number of fused-ring (bicyclic) bond motifs is 1. The van der Waals surface area contributed by atoms with Gasteiger partial charge in [-0.1, -0.05) is 23.7 Å². The molecule has 4 heteroatoms. The summed E-state index contributed by atoms with van der Waals surface area (Å²) in [6, 6.07) is 12.6. The van der Waals surface area contributed by atoms with Crippen LogP contribution in [0.5, 0.6) is 11.5 Å². The molecular formula is C19H22ClNO2. The monoisotopic (exact) mass is 331 g/mol. The van der Waals surface area contributed by atoms with Crippen molar-refractivity contribution in [1.29, 1.82) is 0 Å². The minimum Gasteiger partial charge on any atom is -0.493 e. The summed E-state index contributed by atoms with van der Waals surface area (Å²) >= 11 is 6.07. The highest BCUT2D eigenvalue weighted by atomic mass is 35.5. The second kappa shape index (κ2) is 7.24. The van der Waals surface area contributed by atoms with Gasteiger partial charge in [-0.2, -0.15) is 0 Å². The molecule has 1 unspecified atom stereocenters. The molecule has 0 saturated carbocycles. The quantitative estimate of drug-likeness (QED) is 0.891. The third-order valence-corrected chi connectivity index (χ3v) is 4.65. The largest absolute Gasteiger partial charge is 0.493 e. The Morgan fingerprint density at radius 3 is 2.65 bits per heavy atom. The average Bonchev–Trinajstić information content (AvgIpc) is 2.58. The minimum atomic E-state index is 0.331. The first-order valence-electron chi connectivity index (χ1n) is 7.94. The van der Waals surface area contributed by atoms with Crippen molar-refractivity contribution in [2.24, 2.45) is 0 Å². The Morgan fingerprint density at radius 2 is 1.91 bits per heavy atom. The zero-order valence-corrected chi connectivity index (χ0v) is 14.3. The van der Waals surface area contributed by atoms with Crippen LogP contribution in [0.2, 0.25) is 5.02 Å². The summed E-state index contributed by atoms with van der Waals surface area (Å²) in [5, 5.41) is 4.42. The van der Waals surface area contributed by atoms with Crippen LogP contribution in [0.25, 0.3) is 0 Å². The molecule has 0 spiro atoms. The molecule has 0 saturated heterocycles. The molecule has 2 aromatic rings. The first kappa shape index (κ1) is 16.2. The van der Waals surface area contributed by atoms with Crippen molar-refractivity contribution in [2.45, 2.75) is 25.3 Å². The Hall–Kier alpha value is -1.71. The lowest BCUT2D eigenvalue weighted by molar-refractivity contribution is 0.351. The number of aryl methyl sites for hydroxylation is 1. The summed E-state index contributed by atoms with van der Waals surface area (Å²) in [4.78, 5) is 0. The van der Waals surface area contributed by atoms with Crippen LogP contribution < -0.4 is 14.8 Å². The Balaban J connectivity index is 1.80. The van der Waals surface area contributed by atoms with Gasteiger partial charge in [0.2, 0.25) is 0 Å². The minimum absolute atomic E-state index is 0.331. The normalized spacial score (nSPS) is 16.7. The maximum absolute atomic E-state index is 6.07. The molecule has 1 aliphatic heterocycles. The first-order chi connectivity index (χ1) is 11.2. The van der Waals surface area contributed by atoms with E-state index in [-0.39, 0.29) is 0 Å². The fourth-order valence-corrected chi connectivity index (χ4v) is 3.44. The number of benzene rings is 2. The van der Waals surface area contributed by atoms with Gasteiger partial charge in [0.15, 0.2) is 11.5 Å². The van der Waals surface area contributed by atoms with Crippen molar-refractivity contribution in [3.05, 3.63) is 58.1 Å². The molecule has 1 heterocycles. The average molecular weight is 332 g/mol. The molecule has 23 heavy (non-hydrogen) atoms. The SMILES string of the molecule is COc1cc2c(cc1OC)C(CCc1cccc(Cl)c1)NCC2. The van der Waals surface area contributed by atoms with Gasteiger partial charge in [0.1, 0.15) is 0 Å². The van der Waals surface area contributed by atoms with E-state index in [1.807, 2.05) is 18.2 Å². The third-order valence-electron chi connectivity index (χ3n) is 4.42. The Labute approximate surface area is 142 Å². The topological polar surface area (TPSA) is 30.5 Å². The van der Waals surface area contributed by atoms with Crippen LogP contribution in [0.4, 0.5) is 0 Å². The highest BCUT2D eigenvalue weighted by molar-refractivity contribution is 6.30. The number of hydrogen-bond donors (Lipinski definition) is 1. The van der Waals surface area contributed by atoms with E-state index in [2.05, 4.69) is 23.5 Å². The van der Waals surface area contributed by atoms with E-state index in [1.54, 1.807) is 14.2 Å². The maximum Gasteiger partial charge on any atom is 0.161 e. The maximum atomic E-state index is 6.07. The molecule has 0 amide bonds. The van der Waals surface area contributed by atoms with Crippen LogP contribution >= 0.6 is 11.6 Å². The molecule has 3 nitrogen and oxygen atoms in total. The Bertz CT molecular complexity index is 687. The van der Waals surface area contributed by atoms with Crippen LogP contribution in [0.3, 0.4) is 0 Å². The number of hydrogen-bond acceptors (Lipinski definition) is 3. The van der Waals surface area contributed by atoms with Crippen molar-refractivity contribution >= 4 is 11.6 Å². The lowest BCUT2D eigenvalue weighted by atomic mass is 9.90. The van der Waals surface area contributed by atoms with Crippen molar-refractivity contribution in [1.82, 2.24) is 5.32 Å². The fourth-order valence-electron chi connectivity index (χ4n) is 3.23.